The molecule has 1 aromatic heterocycles. The molecule has 8 nitrogen and oxygen atoms in total. The van der Waals surface area contributed by atoms with Crippen molar-refractivity contribution in [2.45, 2.75) is 51.8 Å². The van der Waals surface area contributed by atoms with Crippen molar-refractivity contribution in [3.8, 4) is 0 Å². The van der Waals surface area contributed by atoms with E-state index in [4.69, 9.17) is 4.74 Å². The van der Waals surface area contributed by atoms with Crippen LogP contribution in [0.4, 0.5) is 4.79 Å². The lowest BCUT2D eigenvalue weighted by molar-refractivity contribution is -0.132. The van der Waals surface area contributed by atoms with E-state index in [1.54, 1.807) is 0 Å². The largest absolute Gasteiger partial charge is 0.446 e. The zero-order chi connectivity index (χ0) is 25.8. The minimum atomic E-state index is -0.662. The van der Waals surface area contributed by atoms with Crippen molar-refractivity contribution in [3.63, 3.8) is 0 Å². The number of hydrogen-bond acceptors (Lipinski definition) is 6. The number of aliphatic hydroxyl groups is 1. The summed E-state index contributed by atoms with van der Waals surface area (Å²) in [5, 5.41) is 18.8. The summed E-state index contributed by atoms with van der Waals surface area (Å²) in [5.74, 6) is -1.37. The van der Waals surface area contributed by atoms with Crippen LogP contribution in [0.15, 0.2) is 54.6 Å². The normalized spacial score (nSPS) is 19.6. The van der Waals surface area contributed by atoms with Crippen LogP contribution >= 0.6 is 0 Å². The maximum Gasteiger partial charge on any atom is 0.417 e. The molecule has 0 unspecified atom stereocenters. The van der Waals surface area contributed by atoms with Crippen LogP contribution in [0.2, 0.25) is 0 Å². The van der Waals surface area contributed by atoms with E-state index in [-0.39, 0.29) is 19.1 Å². The molecule has 2 amide bonds. The molecule has 0 bridgehead atoms. The fourth-order valence-electron chi connectivity index (χ4n) is 5.96. The zero-order valence-electron chi connectivity index (χ0n) is 21.0. The van der Waals surface area contributed by atoms with Crippen molar-refractivity contribution in [1.82, 2.24) is 19.9 Å². The van der Waals surface area contributed by atoms with Crippen molar-refractivity contribution in [2.75, 3.05) is 6.61 Å². The third kappa shape index (κ3) is 3.47. The molecule has 0 radical (unpaired) electrons. The Labute approximate surface area is 214 Å². The Kier molecular flexibility index (Phi) is 5.56. The number of nitrogens with zero attached hydrogens (tertiary/aromatic N) is 4. The fraction of sp³-hybridized carbons (Fsp3) is 0.310. The topological polar surface area (TPSA) is 97.5 Å². The standard InChI is InChI=1S/C29H28N4O4/c1-4-32-23-12-11-20(17(3)27(23)30-31-32)25(18-10-9-16(2)19(13-18)14-34)26-22-8-6-5-7-21(22)24-15-37-29(36)33(24)28(26)35/h5-13,24-26,34H,4,14-15H2,1-3H3/t24-,25-,26+/m0/s1. The van der Waals surface area contributed by atoms with Crippen molar-refractivity contribution in [3.05, 3.63) is 93.5 Å². The van der Waals surface area contributed by atoms with Crippen LogP contribution in [0.1, 0.15) is 63.7 Å². The van der Waals surface area contributed by atoms with Crippen LogP contribution in [-0.2, 0) is 22.7 Å². The minimum absolute atomic E-state index is 0.106. The number of aromatic nitrogens is 3. The average Bonchev–Trinajstić information content (AvgIpc) is 3.52. The third-order valence-corrected chi connectivity index (χ3v) is 7.92. The fourth-order valence-corrected chi connectivity index (χ4v) is 5.96. The van der Waals surface area contributed by atoms with Gasteiger partial charge in [0.05, 0.1) is 18.0 Å². The molecule has 188 valence electrons. The van der Waals surface area contributed by atoms with Crippen LogP contribution < -0.4 is 0 Å². The van der Waals surface area contributed by atoms with Gasteiger partial charge in [0.25, 0.3) is 0 Å². The number of hydrogen-bond donors (Lipinski definition) is 1. The Morgan fingerprint density at radius 3 is 2.62 bits per heavy atom. The van der Waals surface area contributed by atoms with E-state index >= 15 is 0 Å². The lowest BCUT2D eigenvalue weighted by Gasteiger charge is -2.38. The monoisotopic (exact) mass is 496 g/mol. The molecule has 4 aromatic rings. The van der Waals surface area contributed by atoms with E-state index in [1.807, 2.05) is 80.1 Å². The van der Waals surface area contributed by atoms with Crippen LogP contribution in [-0.4, -0.2) is 43.6 Å². The van der Waals surface area contributed by atoms with E-state index in [9.17, 15) is 14.7 Å². The van der Waals surface area contributed by atoms with Crippen molar-refractivity contribution >= 4 is 23.0 Å². The Balaban J connectivity index is 1.62. The van der Waals surface area contributed by atoms with E-state index in [2.05, 4.69) is 10.3 Å². The number of carbonyl (C=O) groups is 2. The van der Waals surface area contributed by atoms with Gasteiger partial charge in [-0.3, -0.25) is 4.79 Å². The maximum absolute atomic E-state index is 14.2. The van der Waals surface area contributed by atoms with Gasteiger partial charge in [0.1, 0.15) is 18.2 Å². The quantitative estimate of drug-likeness (QED) is 0.437. The number of amides is 2. The first-order chi connectivity index (χ1) is 17.9. The minimum Gasteiger partial charge on any atom is -0.446 e. The molecule has 1 saturated heterocycles. The first kappa shape index (κ1) is 23.4. The molecular weight excluding hydrogens is 468 g/mol. The number of carbonyl (C=O) groups excluding carboxylic acids is 2. The summed E-state index contributed by atoms with van der Waals surface area (Å²) in [5.41, 5.74) is 8.06. The highest BCUT2D eigenvalue weighted by molar-refractivity contribution is 6.00. The van der Waals surface area contributed by atoms with Gasteiger partial charge >= 0.3 is 6.09 Å². The summed E-state index contributed by atoms with van der Waals surface area (Å²) >= 11 is 0. The van der Waals surface area contributed by atoms with Gasteiger partial charge in [-0.25, -0.2) is 14.4 Å². The van der Waals surface area contributed by atoms with Gasteiger partial charge in [0.15, 0.2) is 0 Å². The number of aliphatic hydroxyl groups excluding tert-OH is 1. The highest BCUT2D eigenvalue weighted by Crippen LogP contribution is 2.49. The molecular formula is C29H28N4O4. The van der Waals surface area contributed by atoms with Crippen LogP contribution in [0.5, 0.6) is 0 Å². The molecule has 37 heavy (non-hydrogen) atoms. The number of rotatable bonds is 5. The van der Waals surface area contributed by atoms with Gasteiger partial charge in [-0.05, 0) is 65.8 Å². The number of fused-ring (bicyclic) bond motifs is 4. The summed E-state index contributed by atoms with van der Waals surface area (Å²) in [6.45, 7) is 6.73. The van der Waals surface area contributed by atoms with Gasteiger partial charge in [-0.15, -0.1) is 5.10 Å². The van der Waals surface area contributed by atoms with E-state index < -0.39 is 24.0 Å². The van der Waals surface area contributed by atoms with Gasteiger partial charge in [0, 0.05) is 12.5 Å². The van der Waals surface area contributed by atoms with E-state index in [1.165, 1.54) is 4.90 Å². The molecule has 3 heterocycles. The second-order valence-corrected chi connectivity index (χ2v) is 9.78. The van der Waals surface area contributed by atoms with Crippen molar-refractivity contribution < 1.29 is 19.4 Å². The summed E-state index contributed by atoms with van der Waals surface area (Å²) in [6.07, 6.45) is -0.605. The number of benzene rings is 3. The Morgan fingerprint density at radius 1 is 1.08 bits per heavy atom. The van der Waals surface area contributed by atoms with Crippen LogP contribution in [0.3, 0.4) is 0 Å². The zero-order valence-corrected chi connectivity index (χ0v) is 21.0. The molecule has 0 aliphatic carbocycles. The summed E-state index contributed by atoms with van der Waals surface area (Å²) in [4.78, 5) is 28.2. The highest BCUT2D eigenvalue weighted by atomic mass is 16.6. The number of imide groups is 1. The average molecular weight is 497 g/mol. The molecule has 2 aliphatic rings. The molecule has 1 N–H and O–H groups in total. The van der Waals surface area contributed by atoms with Crippen LogP contribution in [0.25, 0.3) is 11.0 Å². The highest BCUT2D eigenvalue weighted by Gasteiger charge is 2.50. The Morgan fingerprint density at radius 2 is 1.86 bits per heavy atom. The first-order valence-electron chi connectivity index (χ1n) is 12.6. The predicted molar refractivity (Wildman–Crippen MR) is 137 cm³/mol. The van der Waals surface area contributed by atoms with Gasteiger partial charge in [-0.2, -0.15) is 0 Å². The molecule has 3 aromatic carbocycles. The Bertz CT molecular complexity index is 1560. The SMILES string of the molecule is CCn1nnc2c(C)c([C@H](c3ccc(C)c(CO)c3)[C@@H]3C(=O)N4C(=O)OC[C@H]4c4ccccc43)ccc21. The predicted octanol–water partition coefficient (Wildman–Crippen LogP) is 4.51. The van der Waals surface area contributed by atoms with Gasteiger partial charge < -0.3 is 9.84 Å². The maximum atomic E-state index is 14.2. The lowest BCUT2D eigenvalue weighted by atomic mass is 9.71. The molecule has 0 spiro atoms. The lowest BCUT2D eigenvalue weighted by Crippen LogP contribution is -2.44. The summed E-state index contributed by atoms with van der Waals surface area (Å²) in [6, 6.07) is 17.4. The second kappa shape index (κ2) is 8.81. The molecule has 3 atom stereocenters. The van der Waals surface area contributed by atoms with Crippen molar-refractivity contribution in [1.29, 1.82) is 0 Å². The Hall–Kier alpha value is -4.04. The van der Waals surface area contributed by atoms with Crippen LogP contribution in [0, 0.1) is 13.8 Å². The smallest absolute Gasteiger partial charge is 0.417 e. The van der Waals surface area contributed by atoms with E-state index in [0.717, 1.165) is 50.0 Å². The van der Waals surface area contributed by atoms with Gasteiger partial charge in [0.2, 0.25) is 5.91 Å². The summed E-state index contributed by atoms with van der Waals surface area (Å²) in [7, 11) is 0. The second-order valence-electron chi connectivity index (χ2n) is 9.78. The van der Waals surface area contributed by atoms with Gasteiger partial charge in [-0.1, -0.05) is 53.7 Å². The van der Waals surface area contributed by atoms with Crippen molar-refractivity contribution in [2.24, 2.45) is 0 Å². The van der Waals surface area contributed by atoms with E-state index in [0.29, 0.717) is 6.54 Å². The third-order valence-electron chi connectivity index (χ3n) is 7.92. The molecule has 2 aliphatic heterocycles. The number of cyclic esters (lactones) is 1. The molecule has 6 rings (SSSR count). The first-order valence-corrected chi connectivity index (χ1v) is 12.6. The molecule has 1 fully saturated rings. The number of ether oxygens (including phenoxy) is 1. The summed E-state index contributed by atoms with van der Waals surface area (Å²) < 4.78 is 7.18. The number of aryl methyl sites for hydroxylation is 3. The molecule has 0 saturated carbocycles. The molecule has 8 heteroatoms.